The lowest BCUT2D eigenvalue weighted by atomic mass is 9.73. The molecule has 29 heavy (non-hydrogen) atoms. The standard InChI is InChI=1S/C21H22F4N2O2/c1-19(2,16-5-4-14(22)9-18(16)29-3)12-20(28,21(23,24)25)10-15-8-13-6-7-26-11-17(13)27-15/h4-9,11,27-28H,10,12H2,1-3H3. The van der Waals surface area contributed by atoms with Crippen LogP contribution in [0.4, 0.5) is 17.6 Å². The molecule has 8 heteroatoms. The third-order valence-electron chi connectivity index (χ3n) is 5.12. The summed E-state index contributed by atoms with van der Waals surface area (Å²) in [7, 11) is 1.32. The molecular weight excluding hydrogens is 388 g/mol. The molecule has 1 aromatic carbocycles. The fraction of sp³-hybridized carbons (Fsp3) is 0.381. The van der Waals surface area contributed by atoms with Crippen molar-refractivity contribution in [1.29, 1.82) is 0 Å². The zero-order valence-corrected chi connectivity index (χ0v) is 16.3. The van der Waals surface area contributed by atoms with Crippen LogP contribution in [0, 0.1) is 5.82 Å². The quantitative estimate of drug-likeness (QED) is 0.568. The molecular formula is C21H22F4N2O2. The number of fused-ring (bicyclic) bond motifs is 1. The van der Waals surface area contributed by atoms with Gasteiger partial charge in [0.1, 0.15) is 11.6 Å². The molecule has 0 amide bonds. The van der Waals surface area contributed by atoms with E-state index >= 15 is 0 Å². The molecule has 0 radical (unpaired) electrons. The number of ether oxygens (including phenoxy) is 1. The zero-order valence-electron chi connectivity index (χ0n) is 16.3. The van der Waals surface area contributed by atoms with Crippen LogP contribution in [0.25, 0.3) is 10.9 Å². The minimum atomic E-state index is -4.88. The van der Waals surface area contributed by atoms with Gasteiger partial charge in [-0.1, -0.05) is 19.9 Å². The number of aliphatic hydroxyl groups is 1. The molecule has 2 aromatic heterocycles. The van der Waals surface area contributed by atoms with E-state index in [0.29, 0.717) is 16.5 Å². The fourth-order valence-corrected chi connectivity index (χ4v) is 3.76. The molecule has 2 heterocycles. The maximum absolute atomic E-state index is 14.0. The molecule has 0 aliphatic rings. The number of rotatable bonds is 6. The summed E-state index contributed by atoms with van der Waals surface area (Å²) in [6, 6.07) is 6.92. The van der Waals surface area contributed by atoms with Crippen LogP contribution in [0.2, 0.25) is 0 Å². The van der Waals surface area contributed by atoms with Gasteiger partial charge < -0.3 is 14.8 Å². The first kappa shape index (κ1) is 21.1. The van der Waals surface area contributed by atoms with Crippen molar-refractivity contribution in [3.8, 4) is 5.75 Å². The van der Waals surface area contributed by atoms with Crippen LogP contribution in [0.5, 0.6) is 5.75 Å². The van der Waals surface area contributed by atoms with Crippen LogP contribution >= 0.6 is 0 Å². The lowest BCUT2D eigenvalue weighted by molar-refractivity contribution is -0.266. The van der Waals surface area contributed by atoms with Crippen molar-refractivity contribution in [2.24, 2.45) is 0 Å². The Kier molecular flexibility index (Phi) is 5.34. The number of halogens is 4. The van der Waals surface area contributed by atoms with Crippen molar-refractivity contribution in [2.45, 2.75) is 43.9 Å². The van der Waals surface area contributed by atoms with Crippen molar-refractivity contribution in [3.63, 3.8) is 0 Å². The van der Waals surface area contributed by atoms with Gasteiger partial charge in [0.2, 0.25) is 0 Å². The summed E-state index contributed by atoms with van der Waals surface area (Å²) in [4.78, 5) is 6.82. The minimum absolute atomic E-state index is 0.135. The van der Waals surface area contributed by atoms with Crippen LogP contribution in [0.3, 0.4) is 0 Å². The Morgan fingerprint density at radius 2 is 1.86 bits per heavy atom. The SMILES string of the molecule is COc1cc(F)ccc1C(C)(C)CC(O)(Cc1cc2ccncc2[nH]1)C(F)(F)F. The Hall–Kier alpha value is -2.61. The van der Waals surface area contributed by atoms with Crippen molar-refractivity contribution < 1.29 is 27.4 Å². The highest BCUT2D eigenvalue weighted by molar-refractivity contribution is 5.79. The van der Waals surface area contributed by atoms with E-state index in [9.17, 15) is 22.7 Å². The monoisotopic (exact) mass is 410 g/mol. The second-order valence-corrected chi connectivity index (χ2v) is 7.87. The number of aromatic amines is 1. The van der Waals surface area contributed by atoms with E-state index in [1.54, 1.807) is 32.2 Å². The Morgan fingerprint density at radius 1 is 1.14 bits per heavy atom. The van der Waals surface area contributed by atoms with Gasteiger partial charge in [0.25, 0.3) is 0 Å². The van der Waals surface area contributed by atoms with Gasteiger partial charge in [-0.3, -0.25) is 4.98 Å². The molecule has 0 saturated heterocycles. The number of pyridine rings is 1. The van der Waals surface area contributed by atoms with E-state index in [1.165, 1.54) is 19.4 Å². The molecule has 1 atom stereocenters. The summed E-state index contributed by atoms with van der Waals surface area (Å²) in [6.07, 6.45) is -3.12. The van der Waals surface area contributed by atoms with Gasteiger partial charge in [0.05, 0.1) is 18.8 Å². The van der Waals surface area contributed by atoms with E-state index < -0.39 is 35.9 Å². The Bertz CT molecular complexity index is 980. The maximum atomic E-state index is 14.0. The summed E-state index contributed by atoms with van der Waals surface area (Å²) in [6.45, 7) is 3.13. The first-order valence-electron chi connectivity index (χ1n) is 9.00. The number of benzene rings is 1. The van der Waals surface area contributed by atoms with Crippen molar-refractivity contribution in [2.75, 3.05) is 7.11 Å². The van der Waals surface area contributed by atoms with Crippen LogP contribution in [0.15, 0.2) is 42.7 Å². The van der Waals surface area contributed by atoms with Gasteiger partial charge in [-0.25, -0.2) is 4.39 Å². The van der Waals surface area contributed by atoms with E-state index in [1.807, 2.05) is 0 Å². The minimum Gasteiger partial charge on any atom is -0.496 e. The van der Waals surface area contributed by atoms with Gasteiger partial charge in [0, 0.05) is 35.3 Å². The topological polar surface area (TPSA) is 58.1 Å². The van der Waals surface area contributed by atoms with Gasteiger partial charge in [-0.2, -0.15) is 13.2 Å². The highest BCUT2D eigenvalue weighted by Crippen LogP contribution is 2.45. The highest BCUT2D eigenvalue weighted by atomic mass is 19.4. The fourth-order valence-electron chi connectivity index (χ4n) is 3.76. The lowest BCUT2D eigenvalue weighted by Crippen LogP contribution is -2.51. The third kappa shape index (κ3) is 4.22. The molecule has 3 aromatic rings. The number of methoxy groups -OCH3 is 1. The van der Waals surface area contributed by atoms with Gasteiger partial charge in [-0.05, 0) is 30.0 Å². The highest BCUT2D eigenvalue weighted by Gasteiger charge is 2.56. The molecule has 0 aliphatic carbocycles. The molecule has 0 spiro atoms. The van der Waals surface area contributed by atoms with Crippen LogP contribution in [-0.4, -0.2) is 34.0 Å². The zero-order chi connectivity index (χ0) is 21.4. The molecule has 156 valence electrons. The number of alkyl halides is 3. The summed E-state index contributed by atoms with van der Waals surface area (Å²) in [5.74, 6) is -0.421. The summed E-state index contributed by atoms with van der Waals surface area (Å²) < 4.78 is 60.6. The normalized spacial score (nSPS) is 14.8. The lowest BCUT2D eigenvalue weighted by Gasteiger charge is -2.38. The molecule has 0 saturated carbocycles. The molecule has 2 N–H and O–H groups in total. The Labute approximate surface area is 165 Å². The van der Waals surface area contributed by atoms with Crippen molar-refractivity contribution in [1.82, 2.24) is 9.97 Å². The average Bonchev–Trinajstić information content (AvgIpc) is 3.01. The number of nitrogens with one attached hydrogen (secondary N) is 1. The number of hydrogen-bond acceptors (Lipinski definition) is 3. The second-order valence-electron chi connectivity index (χ2n) is 7.87. The third-order valence-corrected chi connectivity index (χ3v) is 5.12. The van der Waals surface area contributed by atoms with E-state index in [0.717, 1.165) is 12.1 Å². The number of nitrogens with zero attached hydrogens (tertiary/aromatic N) is 1. The predicted molar refractivity (Wildman–Crippen MR) is 101 cm³/mol. The summed E-state index contributed by atoms with van der Waals surface area (Å²) >= 11 is 0. The molecule has 0 aliphatic heterocycles. The average molecular weight is 410 g/mol. The molecule has 1 unspecified atom stereocenters. The van der Waals surface area contributed by atoms with Crippen LogP contribution < -0.4 is 4.74 Å². The van der Waals surface area contributed by atoms with Gasteiger partial charge >= 0.3 is 6.18 Å². The molecule has 4 nitrogen and oxygen atoms in total. The largest absolute Gasteiger partial charge is 0.496 e. The van der Waals surface area contributed by atoms with E-state index in [4.69, 9.17) is 4.74 Å². The van der Waals surface area contributed by atoms with E-state index in [2.05, 4.69) is 9.97 Å². The number of hydrogen-bond donors (Lipinski definition) is 2. The first-order chi connectivity index (χ1) is 13.4. The van der Waals surface area contributed by atoms with E-state index in [-0.39, 0.29) is 11.4 Å². The Morgan fingerprint density at radius 3 is 2.48 bits per heavy atom. The van der Waals surface area contributed by atoms with Crippen LogP contribution in [-0.2, 0) is 11.8 Å². The Balaban J connectivity index is 1.98. The number of H-pyrrole nitrogens is 1. The first-order valence-corrected chi connectivity index (χ1v) is 9.00. The second kappa shape index (κ2) is 7.33. The summed E-state index contributed by atoms with van der Waals surface area (Å²) in [5, 5.41) is 11.5. The van der Waals surface area contributed by atoms with Gasteiger partial charge in [0.15, 0.2) is 5.60 Å². The molecule has 3 rings (SSSR count). The molecule has 0 fully saturated rings. The van der Waals surface area contributed by atoms with Gasteiger partial charge in [-0.15, -0.1) is 0 Å². The summed E-state index contributed by atoms with van der Waals surface area (Å²) in [5.41, 5.74) is -2.95. The van der Waals surface area contributed by atoms with Crippen molar-refractivity contribution >= 4 is 10.9 Å². The maximum Gasteiger partial charge on any atom is 0.417 e. The smallest absolute Gasteiger partial charge is 0.417 e. The molecule has 0 bridgehead atoms. The number of aromatic nitrogens is 2. The predicted octanol–water partition coefficient (Wildman–Crippen LogP) is 4.91. The van der Waals surface area contributed by atoms with Crippen LogP contribution in [0.1, 0.15) is 31.5 Å². The van der Waals surface area contributed by atoms with Crippen molar-refractivity contribution in [3.05, 3.63) is 59.8 Å².